The van der Waals surface area contributed by atoms with Crippen molar-refractivity contribution in [3.05, 3.63) is 47.0 Å². The first-order valence-corrected chi connectivity index (χ1v) is 10.9. The predicted octanol–water partition coefficient (Wildman–Crippen LogP) is 3.24. The molecule has 1 fully saturated rings. The zero-order valence-corrected chi connectivity index (χ0v) is 17.3. The van der Waals surface area contributed by atoms with Crippen LogP contribution < -0.4 is 9.47 Å². The van der Waals surface area contributed by atoms with Gasteiger partial charge in [-0.3, -0.25) is 4.79 Å². The SMILES string of the molecule is COc1ccc(S(=O)(=O)N2CCC3(CC2)CC(=O)c2ccc(O)cc2O3)cc1Cl. The molecular formula is C20H20ClNO6S. The molecule has 0 aliphatic carbocycles. The highest BCUT2D eigenvalue weighted by Crippen LogP contribution is 2.41. The number of benzene rings is 2. The molecule has 1 spiro atoms. The number of rotatable bonds is 3. The Kier molecular flexibility index (Phi) is 4.96. The number of carbonyl (C=O) groups excluding carboxylic acids is 1. The van der Waals surface area contributed by atoms with Gasteiger partial charge < -0.3 is 14.6 Å². The third kappa shape index (κ3) is 3.56. The fraction of sp³-hybridized carbons (Fsp3) is 0.350. The number of ketones is 1. The lowest BCUT2D eigenvalue weighted by atomic mass is 9.83. The van der Waals surface area contributed by atoms with Crippen LogP contribution >= 0.6 is 11.6 Å². The zero-order chi connectivity index (χ0) is 20.8. The van der Waals surface area contributed by atoms with Crippen molar-refractivity contribution in [1.82, 2.24) is 4.31 Å². The maximum Gasteiger partial charge on any atom is 0.243 e. The van der Waals surface area contributed by atoms with Crippen LogP contribution in [0.3, 0.4) is 0 Å². The van der Waals surface area contributed by atoms with Crippen molar-refractivity contribution in [2.45, 2.75) is 29.8 Å². The van der Waals surface area contributed by atoms with Gasteiger partial charge in [0.15, 0.2) is 5.78 Å². The topological polar surface area (TPSA) is 93.1 Å². The normalized spacial score (nSPS) is 18.9. The van der Waals surface area contributed by atoms with E-state index in [1.807, 2.05) is 0 Å². The smallest absolute Gasteiger partial charge is 0.243 e. The summed E-state index contributed by atoms with van der Waals surface area (Å²) in [5, 5.41) is 9.92. The van der Waals surface area contributed by atoms with Crippen LogP contribution in [0, 0.1) is 0 Å². The Balaban J connectivity index is 1.53. The number of Topliss-reactive ketones (excluding diaryl/α,β-unsaturated/α-hetero) is 1. The van der Waals surface area contributed by atoms with E-state index in [2.05, 4.69) is 0 Å². The molecule has 2 aliphatic rings. The van der Waals surface area contributed by atoms with Gasteiger partial charge in [0.1, 0.15) is 22.8 Å². The van der Waals surface area contributed by atoms with E-state index in [0.717, 1.165) is 0 Å². The summed E-state index contributed by atoms with van der Waals surface area (Å²) in [7, 11) is -2.27. The number of phenols is 1. The fourth-order valence-corrected chi connectivity index (χ4v) is 5.64. The number of fused-ring (bicyclic) bond motifs is 1. The maximum absolute atomic E-state index is 13.0. The lowest BCUT2D eigenvalue weighted by Crippen LogP contribution is -2.52. The summed E-state index contributed by atoms with van der Waals surface area (Å²) in [6, 6.07) is 8.79. The number of sulfonamides is 1. The standard InChI is InChI=1S/C20H20ClNO6S/c1-27-18-5-3-14(11-16(18)21)29(25,26)22-8-6-20(7-9-22)12-17(24)15-4-2-13(23)10-19(15)28-20/h2-5,10-11,23H,6-9,12H2,1H3. The van der Waals surface area contributed by atoms with Crippen molar-refractivity contribution < 1.29 is 27.8 Å². The van der Waals surface area contributed by atoms with Crippen molar-refractivity contribution in [3.63, 3.8) is 0 Å². The van der Waals surface area contributed by atoms with Gasteiger partial charge in [-0.05, 0) is 30.3 Å². The van der Waals surface area contributed by atoms with Crippen LogP contribution in [-0.4, -0.2) is 49.4 Å². The van der Waals surface area contributed by atoms with Crippen LogP contribution in [0.5, 0.6) is 17.2 Å². The fourth-order valence-electron chi connectivity index (χ4n) is 3.85. The summed E-state index contributed by atoms with van der Waals surface area (Å²) in [4.78, 5) is 12.6. The lowest BCUT2D eigenvalue weighted by Gasteiger charge is -2.43. The first kappa shape index (κ1) is 20.0. The molecule has 1 N–H and O–H groups in total. The van der Waals surface area contributed by atoms with Gasteiger partial charge in [-0.15, -0.1) is 0 Å². The van der Waals surface area contributed by atoms with Gasteiger partial charge in [0, 0.05) is 32.0 Å². The van der Waals surface area contributed by atoms with Crippen molar-refractivity contribution in [2.75, 3.05) is 20.2 Å². The van der Waals surface area contributed by atoms with E-state index in [1.54, 1.807) is 6.07 Å². The second kappa shape index (κ2) is 7.19. The summed E-state index contributed by atoms with van der Waals surface area (Å²) >= 11 is 6.08. The van der Waals surface area contributed by atoms with E-state index >= 15 is 0 Å². The molecule has 0 radical (unpaired) electrons. The Hall–Kier alpha value is -2.29. The second-order valence-corrected chi connectivity index (χ2v) is 9.61. The molecule has 0 amide bonds. The Morgan fingerprint density at radius 1 is 1.17 bits per heavy atom. The van der Waals surface area contributed by atoms with Crippen molar-refractivity contribution in [3.8, 4) is 17.2 Å². The number of aromatic hydroxyl groups is 1. The first-order valence-electron chi connectivity index (χ1n) is 9.13. The van der Waals surface area contributed by atoms with Gasteiger partial charge >= 0.3 is 0 Å². The van der Waals surface area contributed by atoms with E-state index in [0.29, 0.717) is 29.9 Å². The number of hydrogen-bond acceptors (Lipinski definition) is 6. The van der Waals surface area contributed by atoms with Crippen LogP contribution in [-0.2, 0) is 10.0 Å². The first-order chi connectivity index (χ1) is 13.7. The Morgan fingerprint density at radius 2 is 1.90 bits per heavy atom. The maximum atomic E-state index is 13.0. The number of phenolic OH excluding ortho intramolecular Hbond substituents is 1. The predicted molar refractivity (Wildman–Crippen MR) is 106 cm³/mol. The Labute approximate surface area is 173 Å². The van der Waals surface area contributed by atoms with E-state index in [1.165, 1.54) is 41.7 Å². The summed E-state index contributed by atoms with van der Waals surface area (Å²) in [5.41, 5.74) is -0.321. The van der Waals surface area contributed by atoms with Gasteiger partial charge in [-0.1, -0.05) is 11.6 Å². The molecule has 4 rings (SSSR count). The average molecular weight is 438 g/mol. The molecule has 29 heavy (non-hydrogen) atoms. The van der Waals surface area contributed by atoms with Crippen LogP contribution in [0.25, 0.3) is 0 Å². The van der Waals surface area contributed by atoms with Crippen LogP contribution in [0.1, 0.15) is 29.6 Å². The molecule has 2 aliphatic heterocycles. The minimum atomic E-state index is -3.73. The summed E-state index contributed by atoms with van der Waals surface area (Å²) in [6.45, 7) is 0.431. The lowest BCUT2D eigenvalue weighted by molar-refractivity contribution is 0.00579. The quantitative estimate of drug-likeness (QED) is 0.792. The van der Waals surface area contributed by atoms with E-state index in [9.17, 15) is 18.3 Å². The van der Waals surface area contributed by atoms with Crippen LogP contribution in [0.15, 0.2) is 41.3 Å². The summed E-state index contributed by atoms with van der Waals surface area (Å²) in [5.74, 6) is 0.702. The van der Waals surface area contributed by atoms with Crippen molar-refractivity contribution in [1.29, 1.82) is 0 Å². The number of carbonyl (C=O) groups is 1. The largest absolute Gasteiger partial charge is 0.508 e. The molecule has 0 saturated carbocycles. The second-order valence-electron chi connectivity index (χ2n) is 7.27. The zero-order valence-electron chi connectivity index (χ0n) is 15.7. The van der Waals surface area contributed by atoms with E-state index in [4.69, 9.17) is 21.1 Å². The van der Waals surface area contributed by atoms with Gasteiger partial charge in [0.25, 0.3) is 0 Å². The number of piperidine rings is 1. The molecule has 0 unspecified atom stereocenters. The van der Waals surface area contributed by atoms with Crippen molar-refractivity contribution in [2.24, 2.45) is 0 Å². The molecule has 0 aromatic heterocycles. The number of hydrogen-bond donors (Lipinski definition) is 1. The Bertz CT molecular complexity index is 1080. The monoisotopic (exact) mass is 437 g/mol. The number of halogens is 1. The molecule has 0 atom stereocenters. The van der Waals surface area contributed by atoms with Crippen LogP contribution in [0.4, 0.5) is 0 Å². The minimum absolute atomic E-state index is 0.0185. The molecular weight excluding hydrogens is 418 g/mol. The molecule has 2 aromatic carbocycles. The Morgan fingerprint density at radius 3 is 2.55 bits per heavy atom. The van der Waals surface area contributed by atoms with Gasteiger partial charge in [0.2, 0.25) is 10.0 Å². The van der Waals surface area contributed by atoms with Crippen molar-refractivity contribution >= 4 is 27.4 Å². The number of methoxy groups -OCH3 is 1. The minimum Gasteiger partial charge on any atom is -0.508 e. The molecule has 9 heteroatoms. The third-order valence-electron chi connectivity index (χ3n) is 5.47. The van der Waals surface area contributed by atoms with Gasteiger partial charge in [-0.25, -0.2) is 8.42 Å². The highest BCUT2D eigenvalue weighted by molar-refractivity contribution is 7.89. The molecule has 0 bridgehead atoms. The molecule has 1 saturated heterocycles. The highest BCUT2D eigenvalue weighted by Gasteiger charge is 2.45. The molecule has 7 nitrogen and oxygen atoms in total. The summed E-state index contributed by atoms with van der Waals surface area (Å²) in [6.07, 6.45) is 0.931. The van der Waals surface area contributed by atoms with Gasteiger partial charge in [-0.2, -0.15) is 4.31 Å². The average Bonchev–Trinajstić information content (AvgIpc) is 2.67. The molecule has 154 valence electrons. The molecule has 2 heterocycles. The highest BCUT2D eigenvalue weighted by atomic mass is 35.5. The number of nitrogens with zero attached hydrogens (tertiary/aromatic N) is 1. The number of ether oxygens (including phenoxy) is 2. The van der Waals surface area contributed by atoms with E-state index in [-0.39, 0.29) is 41.0 Å². The van der Waals surface area contributed by atoms with Gasteiger partial charge in [0.05, 0.1) is 29.0 Å². The molecule has 2 aromatic rings. The summed E-state index contributed by atoms with van der Waals surface area (Å²) < 4.78 is 38.5. The van der Waals surface area contributed by atoms with E-state index < -0.39 is 15.6 Å². The third-order valence-corrected chi connectivity index (χ3v) is 7.66. The van der Waals surface area contributed by atoms with Crippen LogP contribution in [0.2, 0.25) is 5.02 Å².